The van der Waals surface area contributed by atoms with Gasteiger partial charge in [-0.15, -0.1) is 11.6 Å². The van der Waals surface area contributed by atoms with Crippen LogP contribution in [0.25, 0.3) is 0 Å². The van der Waals surface area contributed by atoms with E-state index in [-0.39, 0.29) is 29.7 Å². The van der Waals surface area contributed by atoms with E-state index in [9.17, 15) is 4.79 Å². The minimum atomic E-state index is -0.0681. The van der Waals surface area contributed by atoms with Gasteiger partial charge in [-0.2, -0.15) is 0 Å². The number of nitrogens with one attached hydrogen (secondary N) is 1. The molecule has 0 spiro atoms. The Labute approximate surface area is 194 Å². The maximum Gasteiger partial charge on any atom is 0.219 e. The zero-order valence-electron chi connectivity index (χ0n) is 20.5. The van der Waals surface area contributed by atoms with Crippen LogP contribution < -0.4 is 5.32 Å². The van der Waals surface area contributed by atoms with Crippen LogP contribution in [-0.4, -0.2) is 61.9 Å². The van der Waals surface area contributed by atoms with E-state index < -0.39 is 0 Å². The molecule has 1 amide bonds. The number of fused-ring (bicyclic) bond motifs is 1. The number of carbonyl (C=O) groups excluding carboxylic acids is 1. The third-order valence-electron chi connectivity index (χ3n) is 8.86. The number of hydrogen-bond donors (Lipinski definition) is 1. The Balaban J connectivity index is 1.70. The molecule has 0 aromatic heterocycles. The van der Waals surface area contributed by atoms with E-state index >= 15 is 0 Å². The van der Waals surface area contributed by atoms with Crippen molar-refractivity contribution in [1.29, 1.82) is 0 Å². The van der Waals surface area contributed by atoms with E-state index in [1.54, 1.807) is 21.1 Å². The highest BCUT2D eigenvalue weighted by Crippen LogP contribution is 2.43. The van der Waals surface area contributed by atoms with Crippen molar-refractivity contribution in [2.24, 2.45) is 29.6 Å². The highest BCUT2D eigenvalue weighted by atomic mass is 35.5. The second kappa shape index (κ2) is 11.2. The Kier molecular flexibility index (Phi) is 9.11. The van der Waals surface area contributed by atoms with Crippen molar-refractivity contribution in [3.8, 4) is 0 Å². The normalized spacial score (nSPS) is 40.6. The summed E-state index contributed by atoms with van der Waals surface area (Å²) in [7, 11) is 5.55. The van der Waals surface area contributed by atoms with Gasteiger partial charge in [0.25, 0.3) is 0 Å². The maximum absolute atomic E-state index is 12.4. The monoisotopic (exact) mass is 456 g/mol. The average molecular weight is 457 g/mol. The van der Waals surface area contributed by atoms with Crippen LogP contribution in [0.2, 0.25) is 0 Å². The number of methoxy groups -OCH3 is 2. The summed E-state index contributed by atoms with van der Waals surface area (Å²) >= 11 is 6.96. The van der Waals surface area contributed by atoms with E-state index in [1.165, 1.54) is 19.3 Å². The highest BCUT2D eigenvalue weighted by Gasteiger charge is 2.44. The largest absolute Gasteiger partial charge is 0.379 e. The van der Waals surface area contributed by atoms with Gasteiger partial charge in [-0.25, -0.2) is 0 Å². The van der Waals surface area contributed by atoms with Gasteiger partial charge in [0.1, 0.15) is 0 Å². The van der Waals surface area contributed by atoms with Gasteiger partial charge >= 0.3 is 0 Å². The molecule has 10 unspecified atom stereocenters. The lowest BCUT2D eigenvalue weighted by Crippen LogP contribution is -2.57. The molecule has 1 heterocycles. The molecule has 6 heteroatoms. The molecule has 0 bridgehead atoms. The maximum atomic E-state index is 12.4. The van der Waals surface area contributed by atoms with Crippen molar-refractivity contribution >= 4 is 17.5 Å². The summed E-state index contributed by atoms with van der Waals surface area (Å²) in [6.07, 6.45) is 9.54. The third-order valence-corrected chi connectivity index (χ3v) is 9.31. The first-order valence-electron chi connectivity index (χ1n) is 12.4. The van der Waals surface area contributed by atoms with Crippen molar-refractivity contribution in [2.75, 3.05) is 21.3 Å². The van der Waals surface area contributed by atoms with Crippen molar-refractivity contribution in [3.05, 3.63) is 0 Å². The van der Waals surface area contributed by atoms with Crippen molar-refractivity contribution in [3.63, 3.8) is 0 Å². The first-order chi connectivity index (χ1) is 14.7. The molecule has 3 fully saturated rings. The van der Waals surface area contributed by atoms with Crippen LogP contribution in [0.1, 0.15) is 72.1 Å². The van der Waals surface area contributed by atoms with Crippen LogP contribution in [0.4, 0.5) is 0 Å². The average Bonchev–Trinajstić information content (AvgIpc) is 2.75. The number of hydrogen-bond acceptors (Lipinski definition) is 4. The van der Waals surface area contributed by atoms with Crippen LogP contribution in [0.5, 0.6) is 0 Å². The van der Waals surface area contributed by atoms with E-state index in [4.69, 9.17) is 21.1 Å². The second-order valence-electron chi connectivity index (χ2n) is 10.8. The molecule has 0 aromatic carbocycles. The molecule has 5 nitrogen and oxygen atoms in total. The number of ether oxygens (including phenoxy) is 2. The third kappa shape index (κ3) is 5.96. The van der Waals surface area contributed by atoms with Gasteiger partial charge in [-0.3, -0.25) is 10.1 Å². The van der Waals surface area contributed by atoms with Crippen LogP contribution in [0.3, 0.4) is 0 Å². The van der Waals surface area contributed by atoms with Gasteiger partial charge in [-0.1, -0.05) is 20.3 Å². The lowest BCUT2D eigenvalue weighted by molar-refractivity contribution is -0.132. The van der Waals surface area contributed by atoms with Gasteiger partial charge in [-0.05, 0) is 68.6 Å². The summed E-state index contributed by atoms with van der Waals surface area (Å²) in [4.78, 5) is 14.4. The van der Waals surface area contributed by atoms with Gasteiger partial charge in [0.05, 0.1) is 17.7 Å². The fraction of sp³-hybridized carbons (Fsp3) is 0.960. The fourth-order valence-electron chi connectivity index (χ4n) is 6.67. The lowest BCUT2D eigenvalue weighted by atomic mass is 9.69. The summed E-state index contributed by atoms with van der Waals surface area (Å²) in [6.45, 7) is 6.40. The van der Waals surface area contributed by atoms with Crippen LogP contribution in [0, 0.1) is 29.6 Å². The smallest absolute Gasteiger partial charge is 0.219 e. The second-order valence-corrected chi connectivity index (χ2v) is 11.3. The van der Waals surface area contributed by atoms with Crippen LogP contribution >= 0.6 is 11.6 Å². The quantitative estimate of drug-likeness (QED) is 0.446. The highest BCUT2D eigenvalue weighted by molar-refractivity contribution is 6.20. The number of carbonyl (C=O) groups is 1. The summed E-state index contributed by atoms with van der Waals surface area (Å²) < 4.78 is 11.4. The first kappa shape index (κ1) is 25.3. The zero-order valence-corrected chi connectivity index (χ0v) is 21.2. The molecular weight excluding hydrogens is 412 g/mol. The number of piperidine rings is 1. The van der Waals surface area contributed by atoms with Gasteiger partial charge in [0.15, 0.2) is 0 Å². The predicted molar refractivity (Wildman–Crippen MR) is 126 cm³/mol. The molecular formula is C25H45ClN2O3. The van der Waals surface area contributed by atoms with Gasteiger partial charge < -0.3 is 14.4 Å². The molecule has 0 radical (unpaired) electrons. The Morgan fingerprint density at radius 2 is 1.81 bits per heavy atom. The molecule has 1 N–H and O–H groups in total. The molecule has 3 rings (SSSR count). The van der Waals surface area contributed by atoms with E-state index in [1.807, 2.05) is 11.9 Å². The summed E-state index contributed by atoms with van der Waals surface area (Å²) in [5.74, 6) is 2.99. The summed E-state index contributed by atoms with van der Waals surface area (Å²) in [6, 6.07) is 0.707. The van der Waals surface area contributed by atoms with Gasteiger partial charge in [0.2, 0.25) is 5.91 Å². The topological polar surface area (TPSA) is 50.8 Å². The molecule has 2 aliphatic carbocycles. The minimum Gasteiger partial charge on any atom is -0.379 e. The van der Waals surface area contributed by atoms with E-state index in [0.717, 1.165) is 38.0 Å². The SMILES string of the molecule is COC1CCC(C(C)CC(C2CC3CCC(C)CC3NC2Cl)N(C)C(C)=O)CC1OC. The standard InChI is InChI=1S/C25H45ClN2O3/c1-15-7-8-19-13-20(25(26)27-21(19)11-15)22(28(4)17(3)29)12-16(2)18-9-10-23(30-5)24(14-18)31-6/h15-16,18-25,27H,7-14H2,1-6H3. The molecule has 1 saturated heterocycles. The van der Waals surface area contributed by atoms with Crippen molar-refractivity contribution in [2.45, 2.75) is 102 Å². The van der Waals surface area contributed by atoms with E-state index in [0.29, 0.717) is 29.7 Å². The molecule has 0 aromatic rings. The lowest BCUT2D eigenvalue weighted by Gasteiger charge is -2.49. The van der Waals surface area contributed by atoms with Crippen LogP contribution in [0.15, 0.2) is 0 Å². The predicted octanol–water partition coefficient (Wildman–Crippen LogP) is 4.67. The molecule has 1 aliphatic heterocycles. The zero-order chi connectivity index (χ0) is 22.7. The summed E-state index contributed by atoms with van der Waals surface area (Å²) in [5, 5.41) is 3.75. The molecule has 180 valence electrons. The molecule has 31 heavy (non-hydrogen) atoms. The number of nitrogens with zero attached hydrogens (tertiary/aromatic N) is 1. The number of halogens is 1. The molecule has 2 saturated carbocycles. The molecule has 3 aliphatic rings. The van der Waals surface area contributed by atoms with E-state index in [2.05, 4.69) is 19.2 Å². The minimum absolute atomic E-state index is 0.0681. The Bertz CT molecular complexity index is 591. The van der Waals surface area contributed by atoms with Crippen LogP contribution in [-0.2, 0) is 14.3 Å². The first-order valence-corrected chi connectivity index (χ1v) is 12.9. The van der Waals surface area contributed by atoms with Gasteiger partial charge in [0, 0.05) is 46.2 Å². The molecule has 10 atom stereocenters. The Morgan fingerprint density at radius 1 is 1.10 bits per heavy atom. The van der Waals surface area contributed by atoms with Crippen molar-refractivity contribution < 1.29 is 14.3 Å². The Hall–Kier alpha value is -0.360. The van der Waals surface area contributed by atoms with Crippen molar-refractivity contribution in [1.82, 2.24) is 10.2 Å². The number of alkyl halides is 1. The number of amides is 1. The summed E-state index contributed by atoms with van der Waals surface area (Å²) in [5.41, 5.74) is -0.0681. The Morgan fingerprint density at radius 3 is 2.45 bits per heavy atom. The fourth-order valence-corrected chi connectivity index (χ4v) is 7.11. The number of rotatable bonds is 7.